The van der Waals surface area contributed by atoms with E-state index >= 15 is 0 Å². The van der Waals surface area contributed by atoms with Crippen LogP contribution in [0.15, 0.2) is 30.3 Å². The van der Waals surface area contributed by atoms with Crippen LogP contribution in [0.1, 0.15) is 12.6 Å². The first-order chi connectivity index (χ1) is 8.60. The molecule has 92 valence electrons. The van der Waals surface area contributed by atoms with Crippen molar-refractivity contribution in [3.8, 4) is 11.4 Å². The molecule has 6 nitrogen and oxygen atoms in total. The lowest BCUT2D eigenvalue weighted by Gasteiger charge is -2.04. The van der Waals surface area contributed by atoms with Gasteiger partial charge >= 0.3 is 0 Å². The highest BCUT2D eigenvalue weighted by atomic mass is 16.6. The van der Waals surface area contributed by atoms with E-state index in [9.17, 15) is 10.1 Å². The van der Waals surface area contributed by atoms with Gasteiger partial charge in [0.15, 0.2) is 5.82 Å². The maximum Gasteiger partial charge on any atom is 0.270 e. The number of hydrogen-bond acceptors (Lipinski definition) is 5. The van der Waals surface area contributed by atoms with Gasteiger partial charge in [-0.2, -0.15) is 0 Å². The SMILES string of the molecule is CCc1cc(N)nc(-c2cccc([N+](=O)[O-])c2)n1. The number of nitro benzene ring substituents is 1. The Morgan fingerprint density at radius 2 is 2.11 bits per heavy atom. The van der Waals surface area contributed by atoms with Crippen molar-refractivity contribution in [3.05, 3.63) is 46.1 Å². The van der Waals surface area contributed by atoms with E-state index in [1.807, 2.05) is 6.92 Å². The Morgan fingerprint density at radius 1 is 1.33 bits per heavy atom. The number of benzene rings is 1. The first-order valence-corrected chi connectivity index (χ1v) is 5.48. The van der Waals surface area contributed by atoms with Gasteiger partial charge in [0, 0.05) is 29.5 Å². The van der Waals surface area contributed by atoms with Crippen molar-refractivity contribution in [2.75, 3.05) is 5.73 Å². The van der Waals surface area contributed by atoms with Crippen LogP contribution in [0.3, 0.4) is 0 Å². The number of hydrogen-bond donors (Lipinski definition) is 1. The lowest BCUT2D eigenvalue weighted by atomic mass is 10.2. The molecule has 2 N–H and O–H groups in total. The van der Waals surface area contributed by atoms with Gasteiger partial charge in [0.2, 0.25) is 0 Å². The van der Waals surface area contributed by atoms with Crippen LogP contribution in [0.2, 0.25) is 0 Å². The molecule has 0 unspecified atom stereocenters. The van der Waals surface area contributed by atoms with E-state index < -0.39 is 4.92 Å². The Labute approximate surface area is 104 Å². The molecule has 2 rings (SSSR count). The normalized spacial score (nSPS) is 10.3. The van der Waals surface area contributed by atoms with Gasteiger partial charge in [-0.05, 0) is 6.42 Å². The quantitative estimate of drug-likeness (QED) is 0.659. The van der Waals surface area contributed by atoms with Crippen LogP contribution < -0.4 is 5.73 Å². The fourth-order valence-corrected chi connectivity index (χ4v) is 1.59. The number of nitrogen functional groups attached to an aromatic ring is 1. The van der Waals surface area contributed by atoms with Crippen molar-refractivity contribution in [3.63, 3.8) is 0 Å². The molecule has 0 saturated carbocycles. The minimum atomic E-state index is -0.448. The molecule has 0 aliphatic heterocycles. The molecule has 0 aliphatic carbocycles. The monoisotopic (exact) mass is 244 g/mol. The molecule has 0 radical (unpaired) electrons. The van der Waals surface area contributed by atoms with Gasteiger partial charge in [-0.1, -0.05) is 19.1 Å². The van der Waals surface area contributed by atoms with E-state index in [-0.39, 0.29) is 5.69 Å². The number of nitrogens with two attached hydrogens (primary N) is 1. The predicted molar refractivity (Wildman–Crippen MR) is 67.9 cm³/mol. The summed E-state index contributed by atoms with van der Waals surface area (Å²) in [5, 5.41) is 10.7. The van der Waals surface area contributed by atoms with Crippen molar-refractivity contribution < 1.29 is 4.92 Å². The average Bonchev–Trinajstić information content (AvgIpc) is 2.38. The Kier molecular flexibility index (Phi) is 3.18. The molecule has 0 saturated heterocycles. The molecular formula is C12H12N4O2. The second-order valence-electron chi connectivity index (χ2n) is 3.77. The van der Waals surface area contributed by atoms with Crippen molar-refractivity contribution in [1.29, 1.82) is 0 Å². The Hall–Kier alpha value is -2.50. The molecule has 0 atom stereocenters. The minimum Gasteiger partial charge on any atom is -0.384 e. The van der Waals surface area contributed by atoms with Crippen molar-refractivity contribution in [2.45, 2.75) is 13.3 Å². The van der Waals surface area contributed by atoms with Gasteiger partial charge in [0.25, 0.3) is 5.69 Å². The second-order valence-corrected chi connectivity index (χ2v) is 3.77. The summed E-state index contributed by atoms with van der Waals surface area (Å²) in [6, 6.07) is 7.89. The number of aromatic nitrogens is 2. The summed E-state index contributed by atoms with van der Waals surface area (Å²) in [7, 11) is 0. The smallest absolute Gasteiger partial charge is 0.270 e. The number of nitrogens with zero attached hydrogens (tertiary/aromatic N) is 3. The largest absolute Gasteiger partial charge is 0.384 e. The summed E-state index contributed by atoms with van der Waals surface area (Å²) in [6.45, 7) is 1.96. The first kappa shape index (κ1) is 12.0. The molecule has 1 heterocycles. The lowest BCUT2D eigenvalue weighted by molar-refractivity contribution is -0.384. The highest BCUT2D eigenvalue weighted by Crippen LogP contribution is 2.22. The van der Waals surface area contributed by atoms with Crippen LogP contribution in [0.4, 0.5) is 11.5 Å². The topological polar surface area (TPSA) is 94.9 Å². The molecule has 18 heavy (non-hydrogen) atoms. The summed E-state index contributed by atoms with van der Waals surface area (Å²) < 4.78 is 0. The minimum absolute atomic E-state index is 0.0107. The fourth-order valence-electron chi connectivity index (χ4n) is 1.59. The zero-order valence-corrected chi connectivity index (χ0v) is 9.83. The van der Waals surface area contributed by atoms with E-state index in [1.165, 1.54) is 12.1 Å². The van der Waals surface area contributed by atoms with Gasteiger partial charge < -0.3 is 5.73 Å². The number of aryl methyl sites for hydroxylation is 1. The summed E-state index contributed by atoms with van der Waals surface area (Å²) in [6.07, 6.45) is 0.731. The molecule has 0 aliphatic rings. The highest BCUT2D eigenvalue weighted by Gasteiger charge is 2.10. The summed E-state index contributed by atoms with van der Waals surface area (Å²) >= 11 is 0. The number of rotatable bonds is 3. The van der Waals surface area contributed by atoms with Gasteiger partial charge in [-0.15, -0.1) is 0 Å². The summed E-state index contributed by atoms with van der Waals surface area (Å²) in [5.74, 6) is 0.777. The van der Waals surface area contributed by atoms with Gasteiger partial charge in [0.1, 0.15) is 5.82 Å². The summed E-state index contributed by atoms with van der Waals surface area (Å²) in [4.78, 5) is 18.7. The molecule has 0 fully saturated rings. The zero-order valence-electron chi connectivity index (χ0n) is 9.83. The molecular weight excluding hydrogens is 232 g/mol. The fraction of sp³-hybridized carbons (Fsp3) is 0.167. The molecule has 6 heteroatoms. The third-order valence-corrected chi connectivity index (χ3v) is 2.48. The maximum absolute atomic E-state index is 10.7. The second kappa shape index (κ2) is 4.79. The molecule has 0 bridgehead atoms. The third-order valence-electron chi connectivity index (χ3n) is 2.48. The van der Waals surface area contributed by atoms with Crippen LogP contribution in [-0.4, -0.2) is 14.9 Å². The first-order valence-electron chi connectivity index (χ1n) is 5.48. The van der Waals surface area contributed by atoms with Crippen LogP contribution in [-0.2, 0) is 6.42 Å². The van der Waals surface area contributed by atoms with Crippen LogP contribution >= 0.6 is 0 Å². The van der Waals surface area contributed by atoms with E-state index in [4.69, 9.17) is 5.73 Å². The van der Waals surface area contributed by atoms with Crippen molar-refractivity contribution in [2.24, 2.45) is 0 Å². The maximum atomic E-state index is 10.7. The van der Waals surface area contributed by atoms with E-state index in [0.29, 0.717) is 17.2 Å². The number of nitro groups is 1. The third kappa shape index (κ3) is 2.42. The lowest BCUT2D eigenvalue weighted by Crippen LogP contribution is -2.00. The number of non-ortho nitro benzene ring substituents is 1. The Bertz CT molecular complexity index is 598. The molecule has 0 spiro atoms. The molecule has 2 aromatic rings. The predicted octanol–water partition coefficient (Wildman–Crippen LogP) is 2.20. The highest BCUT2D eigenvalue weighted by molar-refractivity contribution is 5.60. The number of anilines is 1. The standard InChI is InChI=1S/C12H12N4O2/c1-2-9-7-11(13)15-12(14-9)8-4-3-5-10(6-8)16(17)18/h3-7H,2H2,1H3,(H2,13,14,15). The molecule has 0 amide bonds. The van der Waals surface area contributed by atoms with Crippen molar-refractivity contribution >= 4 is 11.5 Å². The van der Waals surface area contributed by atoms with E-state index in [2.05, 4.69) is 9.97 Å². The van der Waals surface area contributed by atoms with Crippen LogP contribution in [0, 0.1) is 10.1 Å². The Balaban J connectivity index is 2.51. The van der Waals surface area contributed by atoms with Gasteiger partial charge in [-0.25, -0.2) is 9.97 Å². The van der Waals surface area contributed by atoms with Crippen LogP contribution in [0.5, 0.6) is 0 Å². The Morgan fingerprint density at radius 3 is 2.78 bits per heavy atom. The average molecular weight is 244 g/mol. The summed E-state index contributed by atoms with van der Waals surface area (Å²) in [5.41, 5.74) is 7.09. The van der Waals surface area contributed by atoms with Crippen molar-refractivity contribution in [1.82, 2.24) is 9.97 Å². The zero-order chi connectivity index (χ0) is 13.1. The molecule has 1 aromatic carbocycles. The van der Waals surface area contributed by atoms with E-state index in [1.54, 1.807) is 18.2 Å². The van der Waals surface area contributed by atoms with E-state index in [0.717, 1.165) is 12.1 Å². The molecule has 1 aromatic heterocycles. The van der Waals surface area contributed by atoms with Gasteiger partial charge in [-0.3, -0.25) is 10.1 Å². The van der Waals surface area contributed by atoms with Gasteiger partial charge in [0.05, 0.1) is 4.92 Å². The van der Waals surface area contributed by atoms with Crippen LogP contribution in [0.25, 0.3) is 11.4 Å².